The van der Waals surface area contributed by atoms with Crippen LogP contribution in [0.5, 0.6) is 0 Å². The van der Waals surface area contributed by atoms with E-state index in [1.54, 1.807) is 53.9 Å². The van der Waals surface area contributed by atoms with Crippen molar-refractivity contribution in [2.45, 2.75) is 20.3 Å². The quantitative estimate of drug-likeness (QED) is 0.431. The Kier molecular flexibility index (Phi) is 6.18. The van der Waals surface area contributed by atoms with Crippen LogP contribution in [0.2, 0.25) is 5.02 Å². The van der Waals surface area contributed by atoms with E-state index in [0.717, 1.165) is 16.8 Å². The number of carbonyl (C=O) groups is 2. The number of ether oxygens (including phenoxy) is 1. The van der Waals surface area contributed by atoms with Gasteiger partial charge in [-0.15, -0.1) is 0 Å². The summed E-state index contributed by atoms with van der Waals surface area (Å²) in [6, 6.07) is 14.3. The summed E-state index contributed by atoms with van der Waals surface area (Å²) in [5, 5.41) is 3.42. The monoisotopic (exact) mass is 448 g/mol. The van der Waals surface area contributed by atoms with Gasteiger partial charge in [0.15, 0.2) is 5.65 Å². The number of hydrogen-bond donors (Lipinski definition) is 1. The van der Waals surface area contributed by atoms with Crippen molar-refractivity contribution >= 4 is 34.8 Å². The summed E-state index contributed by atoms with van der Waals surface area (Å²) in [6.07, 6.45) is 3.67. The summed E-state index contributed by atoms with van der Waals surface area (Å²) < 4.78 is 6.75. The number of aryl methyl sites for hydroxylation is 1. The molecule has 0 unspecified atom stereocenters. The van der Waals surface area contributed by atoms with Crippen LogP contribution in [0.4, 0.5) is 5.69 Å². The van der Waals surface area contributed by atoms with Crippen LogP contribution in [0.25, 0.3) is 16.9 Å². The molecule has 0 spiro atoms. The molecule has 0 aliphatic rings. The fourth-order valence-electron chi connectivity index (χ4n) is 3.34. The number of esters is 1. The van der Waals surface area contributed by atoms with Gasteiger partial charge in [-0.1, -0.05) is 35.9 Å². The maximum atomic E-state index is 13.0. The summed E-state index contributed by atoms with van der Waals surface area (Å²) in [6.45, 7) is 4.00. The van der Waals surface area contributed by atoms with Gasteiger partial charge in [-0.25, -0.2) is 9.97 Å². The SMILES string of the molecule is CCOC(=O)Cc1ccc(NC(=O)c2cn3cc(C)nc3c(-c3cccc(Cl)c3)n2)cc1. The Morgan fingerprint density at radius 3 is 2.59 bits per heavy atom. The minimum atomic E-state index is -0.361. The van der Waals surface area contributed by atoms with Crippen molar-refractivity contribution in [3.63, 3.8) is 0 Å². The number of imidazole rings is 1. The molecule has 4 aromatic rings. The van der Waals surface area contributed by atoms with E-state index in [2.05, 4.69) is 15.3 Å². The van der Waals surface area contributed by atoms with E-state index in [9.17, 15) is 9.59 Å². The van der Waals surface area contributed by atoms with Crippen LogP contribution in [0.3, 0.4) is 0 Å². The van der Waals surface area contributed by atoms with E-state index in [0.29, 0.717) is 28.7 Å². The molecular formula is C24H21ClN4O3. The number of nitrogens with one attached hydrogen (secondary N) is 1. The highest BCUT2D eigenvalue weighted by Crippen LogP contribution is 2.25. The second-order valence-electron chi connectivity index (χ2n) is 7.23. The van der Waals surface area contributed by atoms with Gasteiger partial charge < -0.3 is 14.5 Å². The van der Waals surface area contributed by atoms with Gasteiger partial charge in [0.05, 0.1) is 18.7 Å². The minimum absolute atomic E-state index is 0.184. The van der Waals surface area contributed by atoms with Crippen LogP contribution < -0.4 is 5.32 Å². The van der Waals surface area contributed by atoms with E-state index < -0.39 is 0 Å². The molecule has 0 aliphatic heterocycles. The predicted molar refractivity (Wildman–Crippen MR) is 123 cm³/mol. The lowest BCUT2D eigenvalue weighted by Crippen LogP contribution is -2.15. The van der Waals surface area contributed by atoms with Crippen molar-refractivity contribution in [1.82, 2.24) is 14.4 Å². The van der Waals surface area contributed by atoms with Crippen molar-refractivity contribution in [1.29, 1.82) is 0 Å². The molecule has 0 saturated heterocycles. The zero-order chi connectivity index (χ0) is 22.7. The van der Waals surface area contributed by atoms with E-state index in [-0.39, 0.29) is 24.0 Å². The largest absolute Gasteiger partial charge is 0.466 e. The van der Waals surface area contributed by atoms with Crippen LogP contribution in [0.15, 0.2) is 60.9 Å². The summed E-state index contributed by atoms with van der Waals surface area (Å²) in [5.74, 6) is -0.648. The van der Waals surface area contributed by atoms with E-state index >= 15 is 0 Å². The third kappa shape index (κ3) is 4.78. The standard InChI is InChI=1S/C24H21ClN4O3/c1-3-32-21(30)11-16-7-9-19(10-8-16)27-24(31)20-14-29-13-15(2)26-23(29)22(28-20)17-5-4-6-18(25)12-17/h4-10,12-14H,3,11H2,1-2H3,(H,27,31). The van der Waals surface area contributed by atoms with Crippen molar-refractivity contribution in [3.8, 4) is 11.3 Å². The molecule has 2 aromatic carbocycles. The first-order valence-electron chi connectivity index (χ1n) is 10.1. The molecule has 0 saturated carbocycles. The Morgan fingerprint density at radius 1 is 1.09 bits per heavy atom. The molecule has 0 fully saturated rings. The third-order valence-corrected chi connectivity index (χ3v) is 4.99. The van der Waals surface area contributed by atoms with E-state index in [1.807, 2.05) is 25.3 Å². The summed E-state index contributed by atoms with van der Waals surface area (Å²) >= 11 is 6.16. The highest BCUT2D eigenvalue weighted by Gasteiger charge is 2.16. The molecule has 0 radical (unpaired) electrons. The first-order chi connectivity index (χ1) is 15.4. The second-order valence-corrected chi connectivity index (χ2v) is 7.67. The third-order valence-electron chi connectivity index (χ3n) is 4.75. The van der Waals surface area contributed by atoms with E-state index in [1.165, 1.54) is 0 Å². The van der Waals surface area contributed by atoms with Crippen LogP contribution in [0, 0.1) is 6.92 Å². The van der Waals surface area contributed by atoms with Crippen LogP contribution in [0.1, 0.15) is 28.7 Å². The lowest BCUT2D eigenvalue weighted by Gasteiger charge is -2.09. The fourth-order valence-corrected chi connectivity index (χ4v) is 3.53. The molecule has 32 heavy (non-hydrogen) atoms. The highest BCUT2D eigenvalue weighted by atomic mass is 35.5. The summed E-state index contributed by atoms with van der Waals surface area (Å²) in [4.78, 5) is 33.7. The average molecular weight is 449 g/mol. The number of fused-ring (bicyclic) bond motifs is 1. The molecular weight excluding hydrogens is 428 g/mol. The van der Waals surface area contributed by atoms with Gasteiger partial charge in [-0.05, 0) is 43.7 Å². The maximum Gasteiger partial charge on any atom is 0.310 e. The zero-order valence-corrected chi connectivity index (χ0v) is 18.4. The van der Waals surface area contributed by atoms with Crippen molar-refractivity contribution in [2.24, 2.45) is 0 Å². The van der Waals surface area contributed by atoms with Crippen molar-refractivity contribution < 1.29 is 14.3 Å². The van der Waals surface area contributed by atoms with Crippen molar-refractivity contribution in [3.05, 3.63) is 82.9 Å². The van der Waals surface area contributed by atoms with Crippen LogP contribution >= 0.6 is 11.6 Å². The number of carbonyl (C=O) groups excluding carboxylic acids is 2. The summed E-state index contributed by atoms with van der Waals surface area (Å²) in [7, 11) is 0. The Hall–Kier alpha value is -3.71. The van der Waals surface area contributed by atoms with Crippen molar-refractivity contribution in [2.75, 3.05) is 11.9 Å². The first kappa shape index (κ1) is 21.5. The number of nitrogens with zero attached hydrogens (tertiary/aromatic N) is 3. The average Bonchev–Trinajstić information content (AvgIpc) is 3.14. The van der Waals surface area contributed by atoms with Gasteiger partial charge in [0, 0.05) is 28.7 Å². The van der Waals surface area contributed by atoms with Gasteiger partial charge in [-0.2, -0.15) is 0 Å². The molecule has 8 heteroatoms. The van der Waals surface area contributed by atoms with E-state index in [4.69, 9.17) is 16.3 Å². The number of benzene rings is 2. The van der Waals surface area contributed by atoms with Crippen LogP contribution in [-0.4, -0.2) is 32.9 Å². The molecule has 0 bridgehead atoms. The number of hydrogen-bond acceptors (Lipinski definition) is 5. The Balaban J connectivity index is 1.61. The Morgan fingerprint density at radius 2 is 1.88 bits per heavy atom. The molecule has 0 atom stereocenters. The summed E-state index contributed by atoms with van der Waals surface area (Å²) in [5.41, 5.74) is 4.42. The second kappa shape index (κ2) is 9.20. The smallest absolute Gasteiger partial charge is 0.310 e. The van der Waals surface area contributed by atoms with Gasteiger partial charge in [0.2, 0.25) is 0 Å². The lowest BCUT2D eigenvalue weighted by molar-refractivity contribution is -0.142. The normalized spacial score (nSPS) is 10.8. The molecule has 4 rings (SSSR count). The lowest BCUT2D eigenvalue weighted by atomic mass is 10.1. The molecule has 162 valence electrons. The number of anilines is 1. The number of aromatic nitrogens is 3. The van der Waals surface area contributed by atoms with Gasteiger partial charge >= 0.3 is 5.97 Å². The van der Waals surface area contributed by atoms with Gasteiger partial charge in [-0.3, -0.25) is 9.59 Å². The van der Waals surface area contributed by atoms with Gasteiger partial charge in [0.25, 0.3) is 5.91 Å². The first-order valence-corrected chi connectivity index (χ1v) is 10.5. The molecule has 2 heterocycles. The number of halogens is 1. The minimum Gasteiger partial charge on any atom is -0.466 e. The zero-order valence-electron chi connectivity index (χ0n) is 17.6. The Bertz CT molecular complexity index is 1300. The molecule has 1 amide bonds. The highest BCUT2D eigenvalue weighted by molar-refractivity contribution is 6.30. The molecule has 7 nitrogen and oxygen atoms in total. The van der Waals surface area contributed by atoms with Gasteiger partial charge in [0.1, 0.15) is 11.4 Å². The number of amides is 1. The maximum absolute atomic E-state index is 13.0. The topological polar surface area (TPSA) is 85.6 Å². The molecule has 2 aromatic heterocycles. The predicted octanol–water partition coefficient (Wildman–Crippen LogP) is 4.72. The Labute approximate surface area is 190 Å². The molecule has 0 aliphatic carbocycles. The fraction of sp³-hybridized carbons (Fsp3) is 0.167. The number of rotatable bonds is 6. The van der Waals surface area contributed by atoms with Crippen LogP contribution in [-0.2, 0) is 16.0 Å². The molecule has 1 N–H and O–H groups in total.